The van der Waals surface area contributed by atoms with E-state index < -0.39 is 0 Å². The minimum Gasteiger partial charge on any atom is -0.325 e. The fraction of sp³-hybridized carbons (Fsp3) is 0.0952. The van der Waals surface area contributed by atoms with Crippen molar-refractivity contribution >= 4 is 44.9 Å². The minimum absolute atomic E-state index is 0.126. The molecule has 5 nitrogen and oxygen atoms in total. The summed E-state index contributed by atoms with van der Waals surface area (Å²) in [4.78, 5) is 30.7. The number of amides is 1. The largest absolute Gasteiger partial charge is 0.325 e. The highest BCUT2D eigenvalue weighted by atomic mass is 32.2. The maximum atomic E-state index is 13.0. The monoisotopic (exact) mass is 407 g/mol. The molecule has 7 heteroatoms. The van der Waals surface area contributed by atoms with Crippen LogP contribution >= 0.6 is 23.1 Å². The van der Waals surface area contributed by atoms with Crippen LogP contribution in [-0.4, -0.2) is 21.2 Å². The van der Waals surface area contributed by atoms with Gasteiger partial charge in [0.25, 0.3) is 5.56 Å². The number of para-hydroxylation sites is 1. The Labute approximate surface area is 170 Å². The first-order valence-electron chi connectivity index (χ1n) is 8.67. The number of anilines is 1. The van der Waals surface area contributed by atoms with Gasteiger partial charge in [-0.2, -0.15) is 0 Å². The molecule has 2 heterocycles. The van der Waals surface area contributed by atoms with Crippen LogP contribution in [0.2, 0.25) is 0 Å². The number of benzene rings is 2. The van der Waals surface area contributed by atoms with E-state index >= 15 is 0 Å². The maximum Gasteiger partial charge on any atom is 0.267 e. The maximum absolute atomic E-state index is 13.0. The number of carbonyl (C=O) groups is 1. The predicted octanol–water partition coefficient (Wildman–Crippen LogP) is 4.49. The zero-order valence-electron chi connectivity index (χ0n) is 15.1. The number of hydrogen-bond donors (Lipinski definition) is 1. The molecule has 0 bridgehead atoms. The van der Waals surface area contributed by atoms with Crippen molar-refractivity contribution in [1.82, 2.24) is 9.55 Å². The summed E-state index contributed by atoms with van der Waals surface area (Å²) in [5, 5.41) is 5.83. The summed E-state index contributed by atoms with van der Waals surface area (Å²) in [5.74, 6) is 0.0140. The number of fused-ring (bicyclic) bond motifs is 1. The third-order valence-corrected chi connectivity index (χ3v) is 5.86. The Morgan fingerprint density at radius 1 is 1.14 bits per heavy atom. The number of nitrogens with one attached hydrogen (secondary N) is 1. The average molecular weight is 408 g/mol. The van der Waals surface area contributed by atoms with Gasteiger partial charge in [0.15, 0.2) is 5.16 Å². The van der Waals surface area contributed by atoms with Crippen LogP contribution in [0.3, 0.4) is 0 Å². The van der Waals surface area contributed by atoms with Gasteiger partial charge < -0.3 is 5.32 Å². The molecule has 4 rings (SSSR count). The zero-order chi connectivity index (χ0) is 19.5. The van der Waals surface area contributed by atoms with E-state index in [1.54, 1.807) is 10.6 Å². The minimum atomic E-state index is -0.143. The van der Waals surface area contributed by atoms with Gasteiger partial charge in [-0.1, -0.05) is 42.1 Å². The second-order valence-corrected chi connectivity index (χ2v) is 8.05. The molecule has 0 spiro atoms. The quantitative estimate of drug-likeness (QED) is 0.391. The van der Waals surface area contributed by atoms with E-state index in [0.29, 0.717) is 15.4 Å². The highest BCUT2D eigenvalue weighted by Crippen LogP contribution is 2.24. The van der Waals surface area contributed by atoms with Gasteiger partial charge in [-0.15, -0.1) is 11.3 Å². The Kier molecular flexibility index (Phi) is 5.27. The molecular weight excluding hydrogens is 390 g/mol. The smallest absolute Gasteiger partial charge is 0.267 e. The van der Waals surface area contributed by atoms with Gasteiger partial charge in [-0.3, -0.25) is 14.2 Å². The van der Waals surface area contributed by atoms with Gasteiger partial charge in [0.1, 0.15) is 4.83 Å². The van der Waals surface area contributed by atoms with Gasteiger partial charge in [0, 0.05) is 5.69 Å². The van der Waals surface area contributed by atoms with Crippen molar-refractivity contribution in [3.8, 4) is 5.69 Å². The second kappa shape index (κ2) is 8.00. The Balaban J connectivity index is 1.63. The molecule has 0 radical (unpaired) electrons. The van der Waals surface area contributed by atoms with E-state index in [1.807, 2.05) is 66.9 Å². The van der Waals surface area contributed by atoms with Gasteiger partial charge in [0.2, 0.25) is 5.91 Å². The molecule has 0 aliphatic rings. The molecule has 2 aromatic carbocycles. The highest BCUT2D eigenvalue weighted by molar-refractivity contribution is 7.99. The van der Waals surface area contributed by atoms with Crippen LogP contribution in [0.4, 0.5) is 5.69 Å². The molecule has 2 aromatic heterocycles. The van der Waals surface area contributed by atoms with E-state index in [2.05, 4.69) is 10.3 Å². The molecule has 0 unspecified atom stereocenters. The number of thioether (sulfide) groups is 1. The van der Waals surface area contributed by atoms with E-state index in [4.69, 9.17) is 0 Å². The van der Waals surface area contributed by atoms with Crippen molar-refractivity contribution in [3.63, 3.8) is 0 Å². The van der Waals surface area contributed by atoms with Crippen LogP contribution in [0.15, 0.2) is 76.0 Å². The average Bonchev–Trinajstić information content (AvgIpc) is 3.16. The Morgan fingerprint density at radius 2 is 1.96 bits per heavy atom. The fourth-order valence-electron chi connectivity index (χ4n) is 2.85. The second-order valence-electron chi connectivity index (χ2n) is 6.22. The molecule has 0 fully saturated rings. The summed E-state index contributed by atoms with van der Waals surface area (Å²) in [6.45, 7) is 1.98. The van der Waals surface area contributed by atoms with Crippen molar-refractivity contribution < 1.29 is 4.79 Å². The first kappa shape index (κ1) is 18.5. The molecule has 140 valence electrons. The first-order chi connectivity index (χ1) is 13.6. The van der Waals surface area contributed by atoms with Crippen LogP contribution in [0, 0.1) is 6.92 Å². The zero-order valence-corrected chi connectivity index (χ0v) is 16.7. The van der Waals surface area contributed by atoms with Gasteiger partial charge in [-0.05, 0) is 48.2 Å². The Bertz CT molecular complexity index is 1200. The molecule has 0 atom stereocenters. The Morgan fingerprint density at radius 3 is 2.75 bits per heavy atom. The molecule has 0 saturated carbocycles. The third-order valence-electron chi connectivity index (χ3n) is 4.12. The van der Waals surface area contributed by atoms with Crippen LogP contribution in [0.5, 0.6) is 0 Å². The van der Waals surface area contributed by atoms with Crippen LogP contribution in [-0.2, 0) is 4.79 Å². The number of thiophene rings is 1. The number of hydrogen-bond acceptors (Lipinski definition) is 5. The SMILES string of the molecule is Cc1cccc(NC(=O)CSc2nc3sccc3c(=O)n2-c2ccccc2)c1. The molecule has 4 aromatic rings. The van der Waals surface area contributed by atoms with Crippen molar-refractivity contribution in [2.75, 3.05) is 11.1 Å². The van der Waals surface area contributed by atoms with Gasteiger partial charge in [-0.25, -0.2) is 4.98 Å². The van der Waals surface area contributed by atoms with Crippen LogP contribution in [0.25, 0.3) is 15.9 Å². The number of carbonyl (C=O) groups excluding carboxylic acids is 1. The molecule has 28 heavy (non-hydrogen) atoms. The van der Waals surface area contributed by atoms with Crippen molar-refractivity contribution in [2.45, 2.75) is 12.1 Å². The Hall–Kier alpha value is -2.90. The summed E-state index contributed by atoms with van der Waals surface area (Å²) in [5.41, 5.74) is 2.44. The van der Waals surface area contributed by atoms with E-state index in [-0.39, 0.29) is 17.2 Å². The van der Waals surface area contributed by atoms with Crippen LogP contribution < -0.4 is 10.9 Å². The van der Waals surface area contributed by atoms with Crippen LogP contribution in [0.1, 0.15) is 5.56 Å². The van der Waals surface area contributed by atoms with Gasteiger partial charge >= 0.3 is 0 Å². The topological polar surface area (TPSA) is 64.0 Å². The number of aryl methyl sites for hydroxylation is 1. The van der Waals surface area contributed by atoms with Crippen molar-refractivity contribution in [3.05, 3.63) is 82.0 Å². The normalized spacial score (nSPS) is 10.9. The predicted molar refractivity (Wildman–Crippen MR) is 116 cm³/mol. The van der Waals surface area contributed by atoms with Crippen molar-refractivity contribution in [1.29, 1.82) is 0 Å². The molecular formula is C21H17N3O2S2. The molecule has 0 saturated heterocycles. The summed E-state index contributed by atoms with van der Waals surface area (Å²) < 4.78 is 1.57. The summed E-state index contributed by atoms with van der Waals surface area (Å²) in [7, 11) is 0. The lowest BCUT2D eigenvalue weighted by Crippen LogP contribution is -2.22. The molecule has 0 aliphatic heterocycles. The number of rotatable bonds is 5. The van der Waals surface area contributed by atoms with E-state index in [0.717, 1.165) is 16.9 Å². The summed E-state index contributed by atoms with van der Waals surface area (Å²) in [6.07, 6.45) is 0. The molecule has 1 amide bonds. The summed E-state index contributed by atoms with van der Waals surface area (Å²) in [6, 6.07) is 18.8. The lowest BCUT2D eigenvalue weighted by Gasteiger charge is -2.12. The highest BCUT2D eigenvalue weighted by Gasteiger charge is 2.15. The third kappa shape index (κ3) is 3.85. The first-order valence-corrected chi connectivity index (χ1v) is 10.5. The lowest BCUT2D eigenvalue weighted by molar-refractivity contribution is -0.113. The number of nitrogens with zero attached hydrogens (tertiary/aromatic N) is 2. The van der Waals surface area contributed by atoms with Crippen molar-refractivity contribution in [2.24, 2.45) is 0 Å². The molecule has 1 N–H and O–H groups in total. The van der Waals surface area contributed by atoms with Gasteiger partial charge in [0.05, 0.1) is 16.8 Å². The molecule has 0 aliphatic carbocycles. The number of aromatic nitrogens is 2. The lowest BCUT2D eigenvalue weighted by atomic mass is 10.2. The summed E-state index contributed by atoms with van der Waals surface area (Å²) >= 11 is 2.67. The standard InChI is InChI=1S/C21H17N3O2S2/c1-14-6-5-7-15(12-14)22-18(25)13-28-21-23-19-17(10-11-27-19)20(26)24(21)16-8-3-2-4-9-16/h2-12H,13H2,1H3,(H,22,25). The van der Waals surface area contributed by atoms with E-state index in [1.165, 1.54) is 23.1 Å². The fourth-order valence-corrected chi connectivity index (χ4v) is 4.46. The van der Waals surface area contributed by atoms with E-state index in [9.17, 15) is 9.59 Å².